The van der Waals surface area contributed by atoms with Crippen LogP contribution < -0.4 is 14.9 Å². The summed E-state index contributed by atoms with van der Waals surface area (Å²) in [5, 5.41) is -0.849. The lowest BCUT2D eigenvalue weighted by Gasteiger charge is -2.25. The third-order valence-electron chi connectivity index (χ3n) is 5.79. The molecule has 7 nitrogen and oxygen atoms in total. The van der Waals surface area contributed by atoms with Gasteiger partial charge in [0.15, 0.2) is 0 Å². The zero-order valence-electron chi connectivity index (χ0n) is 19.5. The lowest BCUT2D eigenvalue weighted by molar-refractivity contribution is -0.122. The van der Waals surface area contributed by atoms with Gasteiger partial charge in [-0.05, 0) is 55.1 Å². The number of aromatic nitrogens is 1. The van der Waals surface area contributed by atoms with Crippen molar-refractivity contribution >= 4 is 39.0 Å². The monoisotopic (exact) mass is 532 g/mol. The van der Waals surface area contributed by atoms with E-state index in [2.05, 4.69) is 15.0 Å². The first-order chi connectivity index (χ1) is 16.3. The summed E-state index contributed by atoms with van der Waals surface area (Å²) in [6.07, 6.45) is 4.80. The van der Waals surface area contributed by atoms with E-state index in [4.69, 9.17) is 11.6 Å². The number of anilines is 2. The van der Waals surface area contributed by atoms with Gasteiger partial charge in [-0.2, -0.15) is 8.78 Å². The van der Waals surface area contributed by atoms with Crippen LogP contribution in [0, 0.1) is 5.82 Å². The van der Waals surface area contributed by atoms with E-state index in [0.29, 0.717) is 30.0 Å². The largest absolute Gasteiger partial charge is 0.364 e. The van der Waals surface area contributed by atoms with Gasteiger partial charge >= 0.3 is 5.38 Å². The van der Waals surface area contributed by atoms with Crippen LogP contribution in [0.3, 0.4) is 0 Å². The van der Waals surface area contributed by atoms with Gasteiger partial charge in [0.25, 0.3) is 0 Å². The average Bonchev–Trinajstić information content (AvgIpc) is 3.06. The number of benzene rings is 1. The van der Waals surface area contributed by atoms with E-state index in [1.807, 2.05) is 4.90 Å². The van der Waals surface area contributed by atoms with Crippen molar-refractivity contribution in [2.75, 3.05) is 29.0 Å². The second kappa shape index (κ2) is 11.0. The molecule has 1 fully saturated rings. The maximum absolute atomic E-state index is 14.3. The molecule has 0 radical (unpaired) electrons. The molecule has 35 heavy (non-hydrogen) atoms. The van der Waals surface area contributed by atoms with Crippen molar-refractivity contribution in [3.63, 3.8) is 0 Å². The molecule has 1 atom stereocenters. The molecule has 3 rings (SSSR count). The Hall–Kier alpha value is -2.53. The minimum Gasteiger partial charge on any atom is -0.356 e. The summed E-state index contributed by atoms with van der Waals surface area (Å²) in [5.41, 5.74) is 0.145. The second-order valence-corrected chi connectivity index (χ2v) is 10.9. The van der Waals surface area contributed by atoms with Gasteiger partial charge in [0.05, 0.1) is 17.9 Å². The standard InChI is InChI=1S/C23H28ClF3N4O3S/c1-15(16-7-9-19(18(25)13-16)30-35(2,33)34)22(32)28-14-17-8-10-20(23(24,26)27)29-21(17)31-11-5-3-4-6-12-31/h7-10,13,15,30H,3-6,11-12,14H2,1-2H3,(H,28,32). The number of rotatable bonds is 8. The fourth-order valence-electron chi connectivity index (χ4n) is 3.90. The van der Waals surface area contributed by atoms with Gasteiger partial charge in [-0.15, -0.1) is 0 Å². The third kappa shape index (κ3) is 7.47. The van der Waals surface area contributed by atoms with E-state index in [9.17, 15) is 26.4 Å². The van der Waals surface area contributed by atoms with Crippen molar-refractivity contribution in [2.24, 2.45) is 0 Å². The molecule has 0 saturated carbocycles. The molecular formula is C23H28ClF3N4O3S. The normalized spacial score (nSPS) is 15.9. The van der Waals surface area contributed by atoms with Crippen LogP contribution in [0.25, 0.3) is 0 Å². The van der Waals surface area contributed by atoms with Crippen molar-refractivity contribution in [2.45, 2.75) is 50.5 Å². The number of nitrogens with one attached hydrogen (secondary N) is 2. The van der Waals surface area contributed by atoms with Crippen LogP contribution in [0.2, 0.25) is 0 Å². The lowest BCUT2D eigenvalue weighted by atomic mass is 9.99. The molecule has 1 aliphatic rings. The van der Waals surface area contributed by atoms with E-state index in [-0.39, 0.29) is 12.2 Å². The Kier molecular flexibility index (Phi) is 8.53. The Balaban J connectivity index is 1.76. The summed E-state index contributed by atoms with van der Waals surface area (Å²) < 4.78 is 66.5. The molecule has 1 amide bonds. The number of pyridine rings is 1. The summed E-state index contributed by atoms with van der Waals surface area (Å²) in [6, 6.07) is 6.43. The van der Waals surface area contributed by atoms with E-state index in [1.54, 1.807) is 6.92 Å². The zero-order chi connectivity index (χ0) is 25.8. The molecule has 2 heterocycles. The SMILES string of the molecule is CC(C(=O)NCc1ccc(C(F)(F)Cl)nc1N1CCCCCC1)c1ccc(NS(C)(=O)=O)c(F)c1. The van der Waals surface area contributed by atoms with Gasteiger partial charge in [-0.1, -0.05) is 25.0 Å². The first kappa shape index (κ1) is 27.1. The minimum absolute atomic E-state index is 0.0341. The summed E-state index contributed by atoms with van der Waals surface area (Å²) in [5.74, 6) is -1.61. The molecule has 0 spiro atoms. The lowest BCUT2D eigenvalue weighted by Crippen LogP contribution is -2.31. The Morgan fingerprint density at radius 1 is 1.17 bits per heavy atom. The van der Waals surface area contributed by atoms with Gasteiger partial charge in [0, 0.05) is 25.2 Å². The van der Waals surface area contributed by atoms with Crippen LogP contribution in [-0.4, -0.2) is 38.7 Å². The Bertz CT molecular complexity index is 1170. The van der Waals surface area contributed by atoms with Crippen molar-refractivity contribution < 1.29 is 26.4 Å². The molecule has 2 N–H and O–H groups in total. The highest BCUT2D eigenvalue weighted by Gasteiger charge is 2.31. The van der Waals surface area contributed by atoms with Crippen molar-refractivity contribution in [3.8, 4) is 0 Å². The van der Waals surface area contributed by atoms with E-state index >= 15 is 0 Å². The topological polar surface area (TPSA) is 91.4 Å². The first-order valence-corrected chi connectivity index (χ1v) is 13.5. The molecule has 1 aromatic heterocycles. The van der Waals surface area contributed by atoms with Gasteiger partial charge in [0.1, 0.15) is 17.3 Å². The Labute approximate surface area is 208 Å². The fraction of sp³-hybridized carbons (Fsp3) is 0.478. The quantitative estimate of drug-likeness (QED) is 0.482. The number of nitrogens with zero attached hydrogens (tertiary/aromatic N) is 2. The molecule has 1 saturated heterocycles. The van der Waals surface area contributed by atoms with Gasteiger partial charge in [-0.25, -0.2) is 17.8 Å². The highest BCUT2D eigenvalue weighted by atomic mass is 35.5. The zero-order valence-corrected chi connectivity index (χ0v) is 21.0. The molecule has 12 heteroatoms. The molecule has 192 valence electrons. The summed E-state index contributed by atoms with van der Waals surface area (Å²) in [4.78, 5) is 18.9. The summed E-state index contributed by atoms with van der Waals surface area (Å²) in [6.45, 7) is 2.94. The number of carbonyl (C=O) groups excluding carboxylic acids is 1. The first-order valence-electron chi connectivity index (χ1n) is 11.2. The molecule has 0 aliphatic carbocycles. The number of alkyl halides is 3. The highest BCUT2D eigenvalue weighted by molar-refractivity contribution is 7.92. The molecular weight excluding hydrogens is 505 g/mol. The molecule has 1 unspecified atom stereocenters. The van der Waals surface area contributed by atoms with Crippen molar-refractivity contribution in [1.82, 2.24) is 10.3 Å². The summed E-state index contributed by atoms with van der Waals surface area (Å²) in [7, 11) is -3.65. The Morgan fingerprint density at radius 2 is 1.83 bits per heavy atom. The smallest absolute Gasteiger partial charge is 0.356 e. The van der Waals surface area contributed by atoms with Crippen LogP contribution in [0.5, 0.6) is 0 Å². The minimum atomic E-state index is -3.65. The maximum atomic E-state index is 14.3. The number of amides is 1. The van der Waals surface area contributed by atoms with Crippen LogP contribution in [0.4, 0.5) is 24.7 Å². The average molecular weight is 533 g/mol. The third-order valence-corrected chi connectivity index (χ3v) is 6.57. The van der Waals surface area contributed by atoms with Crippen molar-refractivity contribution in [1.29, 1.82) is 0 Å². The molecule has 1 aliphatic heterocycles. The fourth-order valence-corrected chi connectivity index (χ4v) is 4.57. The Morgan fingerprint density at radius 3 is 2.40 bits per heavy atom. The van der Waals surface area contributed by atoms with E-state index in [0.717, 1.165) is 44.1 Å². The second-order valence-electron chi connectivity index (χ2n) is 8.63. The number of halogens is 4. The van der Waals surface area contributed by atoms with Crippen molar-refractivity contribution in [3.05, 3.63) is 53.0 Å². The predicted octanol–water partition coefficient (Wildman–Crippen LogP) is 4.68. The maximum Gasteiger partial charge on any atom is 0.364 e. The molecule has 0 bridgehead atoms. The van der Waals surface area contributed by atoms with Gasteiger partial charge in [0.2, 0.25) is 15.9 Å². The number of sulfonamides is 1. The van der Waals surface area contributed by atoms with Gasteiger partial charge < -0.3 is 10.2 Å². The highest BCUT2D eigenvalue weighted by Crippen LogP contribution is 2.33. The molecule has 2 aromatic rings. The van der Waals surface area contributed by atoms with E-state index < -0.39 is 38.7 Å². The van der Waals surface area contributed by atoms with Gasteiger partial charge in [-0.3, -0.25) is 9.52 Å². The number of carbonyl (C=O) groups is 1. The van der Waals surface area contributed by atoms with Crippen LogP contribution >= 0.6 is 11.6 Å². The van der Waals surface area contributed by atoms with E-state index in [1.165, 1.54) is 18.2 Å². The van der Waals surface area contributed by atoms with Crippen LogP contribution in [-0.2, 0) is 26.7 Å². The summed E-state index contributed by atoms with van der Waals surface area (Å²) >= 11 is 5.20. The molecule has 1 aromatic carbocycles. The number of hydrogen-bond donors (Lipinski definition) is 2. The predicted molar refractivity (Wildman–Crippen MR) is 130 cm³/mol. The van der Waals surface area contributed by atoms with Crippen LogP contribution in [0.15, 0.2) is 30.3 Å². The van der Waals surface area contributed by atoms with Crippen LogP contribution in [0.1, 0.15) is 55.3 Å². The number of hydrogen-bond acceptors (Lipinski definition) is 5.